The number of carbonyl (C=O) groups excluding carboxylic acids is 2. The van der Waals surface area contributed by atoms with Gasteiger partial charge in [-0.05, 0) is 42.0 Å². The summed E-state index contributed by atoms with van der Waals surface area (Å²) < 4.78 is 1.70. The highest BCUT2D eigenvalue weighted by Gasteiger charge is 2.18. The van der Waals surface area contributed by atoms with Crippen molar-refractivity contribution in [3.8, 4) is 16.9 Å². The van der Waals surface area contributed by atoms with Crippen molar-refractivity contribution in [2.24, 2.45) is 5.92 Å². The molecule has 2 heterocycles. The predicted molar refractivity (Wildman–Crippen MR) is 128 cm³/mol. The van der Waals surface area contributed by atoms with E-state index in [1.807, 2.05) is 80.6 Å². The number of nitrogens with zero attached hydrogens (tertiary/aromatic N) is 3. The van der Waals surface area contributed by atoms with Gasteiger partial charge in [-0.15, -0.1) is 0 Å². The Balaban J connectivity index is 1.52. The molecule has 2 aromatic carbocycles. The van der Waals surface area contributed by atoms with Gasteiger partial charge in [-0.1, -0.05) is 44.2 Å². The molecule has 0 aliphatic rings. The maximum atomic E-state index is 13.1. The van der Waals surface area contributed by atoms with Gasteiger partial charge in [-0.3, -0.25) is 14.6 Å². The molecule has 2 N–H and O–H groups in total. The zero-order valence-corrected chi connectivity index (χ0v) is 18.5. The number of carbonyl (C=O) groups is 2. The van der Waals surface area contributed by atoms with Crippen molar-refractivity contribution in [3.63, 3.8) is 0 Å². The summed E-state index contributed by atoms with van der Waals surface area (Å²) in [6.07, 6.45) is 5.11. The Labute approximate surface area is 192 Å². The van der Waals surface area contributed by atoms with E-state index < -0.39 is 0 Å². The van der Waals surface area contributed by atoms with Gasteiger partial charge in [0.05, 0.1) is 11.3 Å². The minimum atomic E-state index is -0.228. The highest BCUT2D eigenvalue weighted by Crippen LogP contribution is 2.23. The van der Waals surface area contributed by atoms with Crippen LogP contribution >= 0.6 is 0 Å². The number of hydrogen-bond acceptors (Lipinski definition) is 4. The molecule has 2 aromatic heterocycles. The van der Waals surface area contributed by atoms with Crippen molar-refractivity contribution in [2.45, 2.75) is 20.4 Å². The molecule has 0 fully saturated rings. The van der Waals surface area contributed by atoms with E-state index in [-0.39, 0.29) is 17.7 Å². The molecule has 0 aliphatic heterocycles. The van der Waals surface area contributed by atoms with E-state index in [0.717, 1.165) is 22.5 Å². The second-order valence-corrected chi connectivity index (χ2v) is 7.94. The number of pyridine rings is 1. The number of hydrogen-bond donors (Lipinski definition) is 2. The third-order valence-corrected chi connectivity index (χ3v) is 5.11. The molecule has 166 valence electrons. The number of nitrogens with one attached hydrogen (secondary N) is 2. The monoisotopic (exact) mass is 439 g/mol. The number of amides is 2. The minimum absolute atomic E-state index is 0.0330. The Kier molecular flexibility index (Phi) is 6.59. The van der Waals surface area contributed by atoms with E-state index in [2.05, 4.69) is 20.7 Å². The van der Waals surface area contributed by atoms with Crippen LogP contribution in [0.4, 0.5) is 5.69 Å². The molecule has 0 bridgehead atoms. The van der Waals surface area contributed by atoms with Gasteiger partial charge in [0.2, 0.25) is 5.91 Å². The number of rotatable bonds is 7. The average Bonchev–Trinajstić information content (AvgIpc) is 3.30. The molecular weight excluding hydrogens is 414 g/mol. The number of para-hydroxylation sites is 1. The first kappa shape index (κ1) is 22.0. The second-order valence-electron chi connectivity index (χ2n) is 7.94. The van der Waals surface area contributed by atoms with Gasteiger partial charge < -0.3 is 10.6 Å². The maximum Gasteiger partial charge on any atom is 0.255 e. The lowest BCUT2D eigenvalue weighted by molar-refractivity contribution is -0.118. The molecule has 0 atom stereocenters. The van der Waals surface area contributed by atoms with E-state index in [1.165, 1.54) is 0 Å². The normalized spacial score (nSPS) is 10.8. The lowest BCUT2D eigenvalue weighted by atomic mass is 10.1. The third kappa shape index (κ3) is 5.33. The number of anilines is 1. The van der Waals surface area contributed by atoms with E-state index >= 15 is 0 Å². The predicted octanol–water partition coefficient (Wildman–Crippen LogP) is 4.46. The summed E-state index contributed by atoms with van der Waals surface area (Å²) in [6, 6.07) is 20.8. The van der Waals surface area contributed by atoms with Crippen molar-refractivity contribution in [2.75, 3.05) is 5.32 Å². The highest BCUT2D eigenvalue weighted by molar-refractivity contribution is 5.99. The van der Waals surface area contributed by atoms with Gasteiger partial charge in [0.1, 0.15) is 5.69 Å². The van der Waals surface area contributed by atoms with Crippen LogP contribution < -0.4 is 10.6 Å². The van der Waals surface area contributed by atoms with Crippen molar-refractivity contribution >= 4 is 17.5 Å². The van der Waals surface area contributed by atoms with Crippen LogP contribution in [-0.4, -0.2) is 26.6 Å². The fourth-order valence-electron chi connectivity index (χ4n) is 3.24. The summed E-state index contributed by atoms with van der Waals surface area (Å²) in [4.78, 5) is 29.1. The standard InChI is InChI=1S/C26H25N5O2/c1-18(2)25(32)29-21-12-10-19(11-13-21)15-28-26(33)23-17-31(22-8-4-3-5-9-22)30-24(23)20-7-6-14-27-16-20/h3-14,16-18H,15H2,1-2H3,(H,28,33)(H,29,32). The Morgan fingerprint density at radius 3 is 2.39 bits per heavy atom. The van der Waals surface area contributed by atoms with Gasteiger partial charge in [-0.2, -0.15) is 5.10 Å². The molecule has 0 aliphatic carbocycles. The first-order chi connectivity index (χ1) is 16.0. The van der Waals surface area contributed by atoms with Crippen LogP contribution in [-0.2, 0) is 11.3 Å². The van der Waals surface area contributed by atoms with Crippen LogP contribution in [0.5, 0.6) is 0 Å². The van der Waals surface area contributed by atoms with Crippen LogP contribution in [0.2, 0.25) is 0 Å². The highest BCUT2D eigenvalue weighted by atomic mass is 16.2. The molecule has 0 saturated carbocycles. The first-order valence-electron chi connectivity index (χ1n) is 10.7. The summed E-state index contributed by atoms with van der Waals surface area (Å²) in [5.74, 6) is -0.350. The largest absolute Gasteiger partial charge is 0.348 e. The third-order valence-electron chi connectivity index (χ3n) is 5.11. The zero-order valence-electron chi connectivity index (χ0n) is 18.5. The Bertz CT molecular complexity index is 1230. The molecule has 0 radical (unpaired) electrons. The Morgan fingerprint density at radius 2 is 1.73 bits per heavy atom. The summed E-state index contributed by atoms with van der Waals surface area (Å²) in [5.41, 5.74) is 4.31. The van der Waals surface area contributed by atoms with Crippen LogP contribution in [0, 0.1) is 5.92 Å². The summed E-state index contributed by atoms with van der Waals surface area (Å²) >= 11 is 0. The first-order valence-corrected chi connectivity index (χ1v) is 10.7. The SMILES string of the molecule is CC(C)C(=O)Nc1ccc(CNC(=O)c2cn(-c3ccccc3)nc2-c2cccnc2)cc1. The van der Waals surface area contributed by atoms with E-state index in [1.54, 1.807) is 23.3 Å². The zero-order chi connectivity index (χ0) is 23.2. The van der Waals surface area contributed by atoms with Crippen molar-refractivity contribution < 1.29 is 9.59 Å². The van der Waals surface area contributed by atoms with E-state index in [4.69, 9.17) is 0 Å². The van der Waals surface area contributed by atoms with Crippen molar-refractivity contribution in [1.29, 1.82) is 0 Å². The van der Waals surface area contributed by atoms with Gasteiger partial charge >= 0.3 is 0 Å². The number of benzene rings is 2. The molecule has 0 saturated heterocycles. The van der Waals surface area contributed by atoms with Crippen LogP contribution in [0.1, 0.15) is 29.8 Å². The van der Waals surface area contributed by atoms with E-state index in [9.17, 15) is 9.59 Å². The van der Waals surface area contributed by atoms with Crippen molar-refractivity contribution in [1.82, 2.24) is 20.1 Å². The molecule has 0 spiro atoms. The van der Waals surface area contributed by atoms with Crippen molar-refractivity contribution in [3.05, 3.63) is 96.4 Å². The van der Waals surface area contributed by atoms with E-state index in [0.29, 0.717) is 17.8 Å². The molecule has 7 nitrogen and oxygen atoms in total. The fourth-order valence-corrected chi connectivity index (χ4v) is 3.24. The molecule has 2 amide bonds. The molecule has 7 heteroatoms. The van der Waals surface area contributed by atoms with Gasteiger partial charge in [0, 0.05) is 42.3 Å². The topological polar surface area (TPSA) is 88.9 Å². The smallest absolute Gasteiger partial charge is 0.255 e. The Hall–Kier alpha value is -4.26. The lowest BCUT2D eigenvalue weighted by Gasteiger charge is -2.09. The number of aromatic nitrogens is 3. The maximum absolute atomic E-state index is 13.1. The van der Waals surface area contributed by atoms with Gasteiger partial charge in [0.15, 0.2) is 0 Å². The molecule has 4 aromatic rings. The molecular formula is C26H25N5O2. The average molecular weight is 440 g/mol. The summed E-state index contributed by atoms with van der Waals surface area (Å²) in [7, 11) is 0. The van der Waals surface area contributed by atoms with Crippen LogP contribution in [0.15, 0.2) is 85.3 Å². The Morgan fingerprint density at radius 1 is 0.970 bits per heavy atom. The minimum Gasteiger partial charge on any atom is -0.348 e. The summed E-state index contributed by atoms with van der Waals surface area (Å²) in [6.45, 7) is 4.04. The lowest BCUT2D eigenvalue weighted by Crippen LogP contribution is -2.23. The molecule has 0 unspecified atom stereocenters. The molecule has 33 heavy (non-hydrogen) atoms. The summed E-state index contributed by atoms with van der Waals surface area (Å²) in [5, 5.41) is 10.5. The molecule has 4 rings (SSSR count). The van der Waals surface area contributed by atoms with Gasteiger partial charge in [-0.25, -0.2) is 4.68 Å². The van der Waals surface area contributed by atoms with Crippen LogP contribution in [0.25, 0.3) is 16.9 Å². The fraction of sp³-hybridized carbons (Fsp3) is 0.154. The quantitative estimate of drug-likeness (QED) is 0.445. The van der Waals surface area contributed by atoms with Gasteiger partial charge in [0.25, 0.3) is 5.91 Å². The second kappa shape index (κ2) is 9.91. The van der Waals surface area contributed by atoms with Crippen LogP contribution in [0.3, 0.4) is 0 Å².